The van der Waals surface area contributed by atoms with Gasteiger partial charge in [0, 0.05) is 29.9 Å². The molecule has 0 saturated carbocycles. The molecular formula is C13H16ClN3. The number of imidazole rings is 1. The molecule has 90 valence electrons. The van der Waals surface area contributed by atoms with Gasteiger partial charge in [-0.1, -0.05) is 29.8 Å². The molecule has 0 aliphatic rings. The van der Waals surface area contributed by atoms with E-state index in [1.165, 1.54) is 5.56 Å². The molecule has 0 amide bonds. The second-order valence-corrected chi connectivity index (χ2v) is 4.43. The highest BCUT2D eigenvalue weighted by Crippen LogP contribution is 2.17. The molecule has 2 rings (SSSR count). The molecule has 2 N–H and O–H groups in total. The Morgan fingerprint density at radius 2 is 2.18 bits per heavy atom. The van der Waals surface area contributed by atoms with Gasteiger partial charge in [0.1, 0.15) is 5.82 Å². The van der Waals surface area contributed by atoms with Gasteiger partial charge in [-0.05, 0) is 25.1 Å². The van der Waals surface area contributed by atoms with E-state index in [1.54, 1.807) is 6.20 Å². The number of hydrogen-bond acceptors (Lipinski definition) is 2. The molecule has 0 bridgehead atoms. The van der Waals surface area contributed by atoms with E-state index in [9.17, 15) is 0 Å². The van der Waals surface area contributed by atoms with Gasteiger partial charge in [-0.25, -0.2) is 4.98 Å². The van der Waals surface area contributed by atoms with Crippen molar-refractivity contribution in [2.45, 2.75) is 18.9 Å². The van der Waals surface area contributed by atoms with E-state index in [-0.39, 0.29) is 0 Å². The molecule has 0 aliphatic heterocycles. The maximum Gasteiger partial charge on any atom is 0.107 e. The third-order valence-corrected chi connectivity index (χ3v) is 3.20. The number of likely N-dealkylation sites (N-methyl/N-ethyl adjacent to an activating group) is 1. The monoisotopic (exact) mass is 249 g/mol. The summed E-state index contributed by atoms with van der Waals surface area (Å²) in [6.07, 6.45) is 5.39. The smallest absolute Gasteiger partial charge is 0.107 e. The molecule has 1 aromatic carbocycles. The Bertz CT molecular complexity index is 453. The molecule has 1 atom stereocenters. The van der Waals surface area contributed by atoms with Crippen LogP contribution in [0.1, 0.15) is 11.4 Å². The van der Waals surface area contributed by atoms with Crippen LogP contribution in [0.2, 0.25) is 5.02 Å². The summed E-state index contributed by atoms with van der Waals surface area (Å²) in [6.45, 7) is 0. The predicted octanol–water partition coefficient (Wildman–Crippen LogP) is 2.44. The van der Waals surface area contributed by atoms with Gasteiger partial charge in [0.25, 0.3) is 0 Å². The molecule has 1 aromatic heterocycles. The number of aromatic amines is 1. The van der Waals surface area contributed by atoms with Crippen LogP contribution in [-0.2, 0) is 12.8 Å². The Morgan fingerprint density at radius 3 is 2.82 bits per heavy atom. The number of aromatic nitrogens is 2. The van der Waals surface area contributed by atoms with Gasteiger partial charge < -0.3 is 10.3 Å². The lowest BCUT2D eigenvalue weighted by Crippen LogP contribution is -2.30. The number of halogens is 1. The van der Waals surface area contributed by atoms with E-state index in [2.05, 4.69) is 21.4 Å². The van der Waals surface area contributed by atoms with Crippen LogP contribution in [0.15, 0.2) is 36.7 Å². The summed E-state index contributed by atoms with van der Waals surface area (Å²) in [4.78, 5) is 7.36. The Hall–Kier alpha value is -1.32. The van der Waals surface area contributed by atoms with E-state index >= 15 is 0 Å². The summed E-state index contributed by atoms with van der Waals surface area (Å²) >= 11 is 6.16. The summed E-state index contributed by atoms with van der Waals surface area (Å²) < 4.78 is 0. The Morgan fingerprint density at radius 1 is 1.35 bits per heavy atom. The zero-order valence-corrected chi connectivity index (χ0v) is 10.5. The minimum atomic E-state index is 0.334. The summed E-state index contributed by atoms with van der Waals surface area (Å²) in [7, 11) is 1.96. The van der Waals surface area contributed by atoms with Gasteiger partial charge in [-0.15, -0.1) is 0 Å². The lowest BCUT2D eigenvalue weighted by atomic mass is 10.0. The molecular weight excluding hydrogens is 234 g/mol. The van der Waals surface area contributed by atoms with Crippen LogP contribution in [0.3, 0.4) is 0 Å². The Labute approximate surface area is 106 Å². The normalized spacial score (nSPS) is 12.6. The standard InChI is InChI=1S/C13H16ClN3/c1-15-11(9-13-16-6-7-17-13)8-10-4-2-3-5-12(10)14/h2-7,11,15H,8-9H2,1H3,(H,16,17). The van der Waals surface area contributed by atoms with Crippen LogP contribution in [0.25, 0.3) is 0 Å². The minimum Gasteiger partial charge on any atom is -0.349 e. The van der Waals surface area contributed by atoms with Crippen molar-refractivity contribution in [3.63, 3.8) is 0 Å². The van der Waals surface area contributed by atoms with Crippen molar-refractivity contribution in [3.05, 3.63) is 53.1 Å². The average Bonchev–Trinajstić information content (AvgIpc) is 2.84. The topological polar surface area (TPSA) is 40.7 Å². The number of H-pyrrole nitrogens is 1. The summed E-state index contributed by atoms with van der Waals surface area (Å²) in [6, 6.07) is 8.29. The van der Waals surface area contributed by atoms with Crippen molar-refractivity contribution in [3.8, 4) is 0 Å². The van der Waals surface area contributed by atoms with E-state index in [0.29, 0.717) is 6.04 Å². The predicted molar refractivity (Wildman–Crippen MR) is 70.3 cm³/mol. The lowest BCUT2D eigenvalue weighted by Gasteiger charge is -2.15. The quantitative estimate of drug-likeness (QED) is 0.855. The van der Waals surface area contributed by atoms with Crippen LogP contribution in [0, 0.1) is 0 Å². The van der Waals surface area contributed by atoms with Gasteiger partial charge in [0.15, 0.2) is 0 Å². The van der Waals surface area contributed by atoms with Crippen molar-refractivity contribution in [2.75, 3.05) is 7.05 Å². The highest BCUT2D eigenvalue weighted by Gasteiger charge is 2.11. The Kier molecular flexibility index (Phi) is 4.18. The van der Waals surface area contributed by atoms with Crippen LogP contribution < -0.4 is 5.32 Å². The van der Waals surface area contributed by atoms with Crippen molar-refractivity contribution >= 4 is 11.6 Å². The van der Waals surface area contributed by atoms with Crippen LogP contribution in [-0.4, -0.2) is 23.1 Å². The van der Waals surface area contributed by atoms with Gasteiger partial charge in [-0.3, -0.25) is 0 Å². The SMILES string of the molecule is CNC(Cc1ncc[nH]1)Cc1ccccc1Cl. The maximum atomic E-state index is 6.16. The largest absolute Gasteiger partial charge is 0.349 e. The van der Waals surface area contributed by atoms with Gasteiger partial charge in [0.2, 0.25) is 0 Å². The third-order valence-electron chi connectivity index (χ3n) is 2.83. The number of benzene rings is 1. The first-order valence-corrected chi connectivity index (χ1v) is 6.06. The zero-order chi connectivity index (χ0) is 12.1. The van der Waals surface area contributed by atoms with Crippen LogP contribution in [0.4, 0.5) is 0 Å². The molecule has 0 fully saturated rings. The fourth-order valence-electron chi connectivity index (χ4n) is 1.85. The van der Waals surface area contributed by atoms with Crippen molar-refractivity contribution in [1.29, 1.82) is 0 Å². The molecule has 0 aliphatic carbocycles. The molecule has 1 unspecified atom stereocenters. The molecule has 3 nitrogen and oxygen atoms in total. The van der Waals surface area contributed by atoms with Gasteiger partial charge in [-0.2, -0.15) is 0 Å². The molecule has 4 heteroatoms. The Balaban J connectivity index is 2.03. The second kappa shape index (κ2) is 5.84. The highest BCUT2D eigenvalue weighted by molar-refractivity contribution is 6.31. The zero-order valence-electron chi connectivity index (χ0n) is 9.78. The third kappa shape index (κ3) is 3.32. The molecule has 0 saturated heterocycles. The van der Waals surface area contributed by atoms with E-state index < -0.39 is 0 Å². The van der Waals surface area contributed by atoms with Crippen molar-refractivity contribution in [1.82, 2.24) is 15.3 Å². The fourth-order valence-corrected chi connectivity index (χ4v) is 2.06. The van der Waals surface area contributed by atoms with Gasteiger partial charge >= 0.3 is 0 Å². The number of hydrogen-bond donors (Lipinski definition) is 2. The molecule has 0 radical (unpaired) electrons. The van der Waals surface area contributed by atoms with E-state index in [4.69, 9.17) is 11.6 Å². The summed E-state index contributed by atoms with van der Waals surface area (Å²) in [5, 5.41) is 4.12. The van der Waals surface area contributed by atoms with Crippen molar-refractivity contribution < 1.29 is 0 Å². The van der Waals surface area contributed by atoms with E-state index in [0.717, 1.165) is 23.7 Å². The number of nitrogens with one attached hydrogen (secondary N) is 2. The minimum absolute atomic E-state index is 0.334. The highest BCUT2D eigenvalue weighted by atomic mass is 35.5. The fraction of sp³-hybridized carbons (Fsp3) is 0.308. The first-order valence-electron chi connectivity index (χ1n) is 5.68. The lowest BCUT2D eigenvalue weighted by molar-refractivity contribution is 0.545. The maximum absolute atomic E-state index is 6.16. The first kappa shape index (κ1) is 12.1. The van der Waals surface area contributed by atoms with Crippen molar-refractivity contribution in [2.24, 2.45) is 0 Å². The summed E-state index contributed by atoms with van der Waals surface area (Å²) in [5.74, 6) is 0.997. The molecule has 2 aromatic rings. The second-order valence-electron chi connectivity index (χ2n) is 4.02. The number of rotatable bonds is 5. The van der Waals surface area contributed by atoms with Crippen LogP contribution in [0.5, 0.6) is 0 Å². The summed E-state index contributed by atoms with van der Waals surface area (Å²) in [5.41, 5.74) is 1.17. The first-order chi connectivity index (χ1) is 8.29. The number of nitrogens with zero attached hydrogens (tertiary/aromatic N) is 1. The van der Waals surface area contributed by atoms with Gasteiger partial charge in [0.05, 0.1) is 0 Å². The molecule has 17 heavy (non-hydrogen) atoms. The van der Waals surface area contributed by atoms with E-state index in [1.807, 2.05) is 31.4 Å². The molecule has 1 heterocycles. The molecule has 0 spiro atoms. The van der Waals surface area contributed by atoms with Crippen LogP contribution >= 0.6 is 11.6 Å². The average molecular weight is 250 g/mol.